The molecule has 3 N–H and O–H groups in total. The summed E-state index contributed by atoms with van der Waals surface area (Å²) in [6, 6.07) is 0. The van der Waals surface area contributed by atoms with Gasteiger partial charge in [0.1, 0.15) is 0 Å². The molecule has 0 aromatic rings. The largest absolute Gasteiger partial charge is 0.392 e. The van der Waals surface area contributed by atoms with Crippen molar-refractivity contribution in [3.63, 3.8) is 0 Å². The monoisotopic (exact) mass is 229 g/mol. The molecule has 1 saturated heterocycles. The molecule has 16 heavy (non-hydrogen) atoms. The minimum Gasteiger partial charge on any atom is -0.392 e. The molecule has 1 aliphatic heterocycles. The zero-order valence-electron chi connectivity index (χ0n) is 10.4. The third kappa shape index (κ3) is 3.43. The summed E-state index contributed by atoms with van der Waals surface area (Å²) < 4.78 is 0. The Morgan fingerprint density at radius 1 is 1.50 bits per heavy atom. The van der Waals surface area contributed by atoms with Gasteiger partial charge in [0, 0.05) is 32.7 Å². The maximum Gasteiger partial charge on any atom is 0.240 e. The van der Waals surface area contributed by atoms with Crippen LogP contribution in [0.15, 0.2) is 0 Å². The first kappa shape index (κ1) is 13.4. The molecule has 5 heteroatoms. The second kappa shape index (κ2) is 5.61. The topological polar surface area (TPSA) is 64.6 Å². The van der Waals surface area contributed by atoms with E-state index in [9.17, 15) is 4.79 Å². The normalized spacial score (nSPS) is 20.5. The van der Waals surface area contributed by atoms with Gasteiger partial charge in [-0.25, -0.2) is 0 Å². The fraction of sp³-hybridized carbons (Fsp3) is 0.909. The van der Waals surface area contributed by atoms with Crippen LogP contribution in [0.2, 0.25) is 0 Å². The number of aliphatic hydroxyl groups excluding tert-OH is 1. The van der Waals surface area contributed by atoms with Crippen molar-refractivity contribution in [2.75, 3.05) is 32.7 Å². The Morgan fingerprint density at radius 3 is 2.56 bits per heavy atom. The average molecular weight is 229 g/mol. The number of carbonyl (C=O) groups excluding carboxylic acids is 1. The zero-order chi connectivity index (χ0) is 12.2. The van der Waals surface area contributed by atoms with Gasteiger partial charge < -0.3 is 15.7 Å². The van der Waals surface area contributed by atoms with Crippen molar-refractivity contribution in [1.29, 1.82) is 0 Å². The van der Waals surface area contributed by atoms with Crippen molar-refractivity contribution >= 4 is 5.91 Å². The van der Waals surface area contributed by atoms with E-state index in [1.165, 1.54) is 0 Å². The molecule has 0 saturated carbocycles. The van der Waals surface area contributed by atoms with Crippen molar-refractivity contribution in [2.45, 2.75) is 32.4 Å². The van der Waals surface area contributed by atoms with Gasteiger partial charge in [-0.05, 0) is 20.8 Å². The number of hydrogen-bond donors (Lipinski definition) is 3. The van der Waals surface area contributed by atoms with Crippen LogP contribution in [-0.2, 0) is 4.79 Å². The highest BCUT2D eigenvalue weighted by Gasteiger charge is 2.34. The SMILES string of the molecule is C[C@@H](O)CNC(=O)C(C)(C)N1CCNCC1. The molecule has 5 nitrogen and oxygen atoms in total. The summed E-state index contributed by atoms with van der Waals surface area (Å²) in [5.74, 6) is -0.0182. The Balaban J connectivity index is 2.50. The maximum atomic E-state index is 12.0. The van der Waals surface area contributed by atoms with E-state index in [4.69, 9.17) is 5.11 Å². The molecule has 0 spiro atoms. The highest BCUT2D eigenvalue weighted by Crippen LogP contribution is 2.15. The lowest BCUT2D eigenvalue weighted by atomic mass is 10.0. The lowest BCUT2D eigenvalue weighted by Gasteiger charge is -2.39. The highest BCUT2D eigenvalue weighted by molar-refractivity contribution is 5.85. The van der Waals surface area contributed by atoms with E-state index < -0.39 is 11.6 Å². The first-order chi connectivity index (χ1) is 7.44. The van der Waals surface area contributed by atoms with Gasteiger partial charge in [0.2, 0.25) is 5.91 Å². The molecule has 1 heterocycles. The van der Waals surface area contributed by atoms with Crippen molar-refractivity contribution in [3.8, 4) is 0 Å². The molecule has 0 aliphatic carbocycles. The molecule has 0 unspecified atom stereocenters. The van der Waals surface area contributed by atoms with Gasteiger partial charge >= 0.3 is 0 Å². The van der Waals surface area contributed by atoms with E-state index >= 15 is 0 Å². The third-order valence-electron chi connectivity index (χ3n) is 3.02. The molecule has 1 rings (SSSR count). The summed E-state index contributed by atoms with van der Waals surface area (Å²) >= 11 is 0. The van der Waals surface area contributed by atoms with Crippen LogP contribution in [0.3, 0.4) is 0 Å². The van der Waals surface area contributed by atoms with Crippen molar-refractivity contribution in [2.24, 2.45) is 0 Å². The maximum absolute atomic E-state index is 12.0. The van der Waals surface area contributed by atoms with Gasteiger partial charge in [-0.3, -0.25) is 9.69 Å². The Kier molecular flexibility index (Phi) is 4.70. The molecule has 1 aliphatic rings. The van der Waals surface area contributed by atoms with E-state index in [0.29, 0.717) is 6.54 Å². The first-order valence-electron chi connectivity index (χ1n) is 5.86. The Bertz CT molecular complexity index is 235. The van der Waals surface area contributed by atoms with E-state index in [0.717, 1.165) is 26.2 Å². The summed E-state index contributed by atoms with van der Waals surface area (Å²) in [5.41, 5.74) is -0.503. The van der Waals surface area contributed by atoms with Crippen LogP contribution in [0, 0.1) is 0 Å². The number of piperazine rings is 1. The number of amides is 1. The number of nitrogens with one attached hydrogen (secondary N) is 2. The van der Waals surface area contributed by atoms with Crippen LogP contribution in [-0.4, -0.2) is 60.3 Å². The summed E-state index contributed by atoms with van der Waals surface area (Å²) in [5, 5.41) is 15.2. The molecule has 0 radical (unpaired) electrons. The van der Waals surface area contributed by atoms with Crippen LogP contribution in [0.4, 0.5) is 0 Å². The van der Waals surface area contributed by atoms with Crippen LogP contribution < -0.4 is 10.6 Å². The number of carbonyl (C=O) groups is 1. The standard InChI is InChI=1S/C11H23N3O2/c1-9(15)8-13-10(16)11(2,3)14-6-4-12-5-7-14/h9,12,15H,4-8H2,1-3H3,(H,13,16)/t9-/m1/s1. The molecule has 1 atom stereocenters. The summed E-state index contributed by atoms with van der Waals surface area (Å²) in [6.07, 6.45) is -0.497. The number of rotatable bonds is 4. The van der Waals surface area contributed by atoms with E-state index in [1.54, 1.807) is 6.92 Å². The summed E-state index contributed by atoms with van der Waals surface area (Å²) in [4.78, 5) is 14.2. The number of nitrogens with zero attached hydrogens (tertiary/aromatic N) is 1. The Labute approximate surface area is 97.2 Å². The third-order valence-corrected chi connectivity index (χ3v) is 3.02. The van der Waals surface area contributed by atoms with Crippen molar-refractivity contribution < 1.29 is 9.90 Å². The predicted molar refractivity (Wildman–Crippen MR) is 63.2 cm³/mol. The average Bonchev–Trinajstić information content (AvgIpc) is 2.27. The van der Waals surface area contributed by atoms with Gasteiger partial charge in [-0.1, -0.05) is 0 Å². The van der Waals surface area contributed by atoms with Crippen LogP contribution >= 0.6 is 0 Å². The van der Waals surface area contributed by atoms with Gasteiger partial charge in [0.05, 0.1) is 11.6 Å². The van der Waals surface area contributed by atoms with E-state index in [2.05, 4.69) is 15.5 Å². The van der Waals surface area contributed by atoms with Crippen LogP contribution in [0.25, 0.3) is 0 Å². The summed E-state index contributed by atoms with van der Waals surface area (Å²) in [6.45, 7) is 9.45. The van der Waals surface area contributed by atoms with Gasteiger partial charge in [0.15, 0.2) is 0 Å². The van der Waals surface area contributed by atoms with Crippen LogP contribution in [0.5, 0.6) is 0 Å². The van der Waals surface area contributed by atoms with E-state index in [1.807, 2.05) is 13.8 Å². The molecular formula is C11H23N3O2. The van der Waals surface area contributed by atoms with Gasteiger partial charge in [0.25, 0.3) is 0 Å². The molecule has 0 bridgehead atoms. The lowest BCUT2D eigenvalue weighted by molar-refractivity contribution is -0.132. The van der Waals surface area contributed by atoms with Gasteiger partial charge in [-0.15, -0.1) is 0 Å². The molecule has 94 valence electrons. The lowest BCUT2D eigenvalue weighted by Crippen LogP contribution is -2.60. The second-order valence-corrected chi connectivity index (χ2v) is 4.86. The molecule has 1 fully saturated rings. The quantitative estimate of drug-likeness (QED) is 0.588. The molecule has 0 aromatic carbocycles. The Morgan fingerprint density at radius 2 is 2.06 bits per heavy atom. The summed E-state index contributed by atoms with van der Waals surface area (Å²) in [7, 11) is 0. The molecule has 0 aromatic heterocycles. The molecule has 1 amide bonds. The number of aliphatic hydroxyl groups is 1. The molecular weight excluding hydrogens is 206 g/mol. The fourth-order valence-corrected chi connectivity index (χ4v) is 1.82. The zero-order valence-corrected chi connectivity index (χ0v) is 10.4. The smallest absolute Gasteiger partial charge is 0.240 e. The first-order valence-corrected chi connectivity index (χ1v) is 5.86. The predicted octanol–water partition coefficient (Wildman–Crippen LogP) is -0.833. The van der Waals surface area contributed by atoms with Crippen molar-refractivity contribution in [3.05, 3.63) is 0 Å². The highest BCUT2D eigenvalue weighted by atomic mass is 16.3. The number of hydrogen-bond acceptors (Lipinski definition) is 4. The van der Waals surface area contributed by atoms with Gasteiger partial charge in [-0.2, -0.15) is 0 Å². The Hall–Kier alpha value is -0.650. The van der Waals surface area contributed by atoms with Crippen LogP contribution in [0.1, 0.15) is 20.8 Å². The fourth-order valence-electron chi connectivity index (χ4n) is 1.82. The van der Waals surface area contributed by atoms with E-state index in [-0.39, 0.29) is 5.91 Å². The van der Waals surface area contributed by atoms with Crippen molar-refractivity contribution in [1.82, 2.24) is 15.5 Å². The minimum absolute atomic E-state index is 0.0182. The second-order valence-electron chi connectivity index (χ2n) is 4.86. The minimum atomic E-state index is -0.503.